The zero-order valence-electron chi connectivity index (χ0n) is 19.0. The fourth-order valence-corrected chi connectivity index (χ4v) is 5.44. The van der Waals surface area contributed by atoms with Gasteiger partial charge in [0.25, 0.3) is 5.56 Å². The fraction of sp³-hybridized carbons (Fsp3) is 0.520. The average molecular weight is 477 g/mol. The molecule has 2 aliphatic rings. The van der Waals surface area contributed by atoms with Crippen molar-refractivity contribution in [3.63, 3.8) is 0 Å². The molecule has 32 heavy (non-hydrogen) atoms. The van der Waals surface area contributed by atoms with Gasteiger partial charge in [-0.15, -0.1) is 11.6 Å². The number of pyridine rings is 1. The van der Waals surface area contributed by atoms with Crippen LogP contribution in [0.3, 0.4) is 0 Å². The van der Waals surface area contributed by atoms with E-state index >= 15 is 0 Å². The normalized spacial score (nSPS) is 23.0. The van der Waals surface area contributed by atoms with Crippen molar-refractivity contribution in [2.24, 2.45) is 0 Å². The molecule has 0 saturated carbocycles. The molecule has 0 spiro atoms. The number of alkyl halides is 1. The third kappa shape index (κ3) is 4.61. The molecule has 0 radical (unpaired) electrons. The number of nitrogens with zero attached hydrogens (tertiary/aromatic N) is 2. The maximum absolute atomic E-state index is 12.9. The summed E-state index contributed by atoms with van der Waals surface area (Å²) in [4.78, 5) is 27.6. The molecule has 3 unspecified atom stereocenters. The number of fused-ring (bicyclic) bond motifs is 2. The Bertz CT molecular complexity index is 1070. The number of aryl methyl sites for hydroxylation is 1. The van der Waals surface area contributed by atoms with Gasteiger partial charge < -0.3 is 9.30 Å². The first-order valence-electron chi connectivity index (χ1n) is 11.2. The van der Waals surface area contributed by atoms with Crippen LogP contribution in [0.25, 0.3) is 0 Å². The zero-order valence-corrected chi connectivity index (χ0v) is 20.5. The first kappa shape index (κ1) is 23.3. The molecule has 0 N–H and O–H groups in total. The van der Waals surface area contributed by atoms with Crippen LogP contribution in [0.4, 0.5) is 0 Å². The van der Waals surface area contributed by atoms with Gasteiger partial charge in [-0.05, 0) is 76.3 Å². The molecular formula is C25H30Cl2N2O3. The summed E-state index contributed by atoms with van der Waals surface area (Å²) >= 11 is 13.2. The highest BCUT2D eigenvalue weighted by molar-refractivity contribution is 6.30. The molecule has 172 valence electrons. The van der Waals surface area contributed by atoms with Crippen LogP contribution in [0.2, 0.25) is 5.02 Å². The third-order valence-corrected chi connectivity index (χ3v) is 7.24. The molecule has 0 bridgehead atoms. The van der Waals surface area contributed by atoms with Gasteiger partial charge in [0, 0.05) is 30.9 Å². The molecule has 0 amide bonds. The van der Waals surface area contributed by atoms with Crippen LogP contribution in [-0.4, -0.2) is 33.1 Å². The van der Waals surface area contributed by atoms with E-state index in [0.29, 0.717) is 37.2 Å². The van der Waals surface area contributed by atoms with Crippen molar-refractivity contribution in [2.45, 2.75) is 83.1 Å². The van der Waals surface area contributed by atoms with Crippen LogP contribution in [0.5, 0.6) is 0 Å². The SMILES string of the molecule is CC1CCC2C(Cl)c3cc(Cl)c(=O)n(CCc4ccc(C(=O)OC(C)(C)C)cc4)c3CN12. The number of benzene rings is 1. The Hall–Kier alpha value is -1.82. The van der Waals surface area contributed by atoms with E-state index in [9.17, 15) is 9.59 Å². The number of aromatic nitrogens is 1. The van der Waals surface area contributed by atoms with E-state index in [2.05, 4.69) is 11.8 Å². The summed E-state index contributed by atoms with van der Waals surface area (Å²) in [6.45, 7) is 8.98. The molecule has 1 aromatic carbocycles. The molecule has 5 nitrogen and oxygen atoms in total. The first-order valence-corrected chi connectivity index (χ1v) is 12.0. The van der Waals surface area contributed by atoms with Crippen LogP contribution in [0.1, 0.15) is 73.1 Å². The highest BCUT2D eigenvalue weighted by Crippen LogP contribution is 2.43. The highest BCUT2D eigenvalue weighted by Gasteiger charge is 2.41. The van der Waals surface area contributed by atoms with Crippen molar-refractivity contribution < 1.29 is 9.53 Å². The fourth-order valence-electron chi connectivity index (χ4n) is 4.76. The molecule has 2 aliphatic heterocycles. The second-order valence-electron chi connectivity index (χ2n) is 9.87. The molecule has 7 heteroatoms. The van der Waals surface area contributed by atoms with Gasteiger partial charge in [0.1, 0.15) is 10.6 Å². The van der Waals surface area contributed by atoms with Gasteiger partial charge in [-0.1, -0.05) is 23.7 Å². The average Bonchev–Trinajstić information content (AvgIpc) is 3.09. The lowest BCUT2D eigenvalue weighted by atomic mass is 9.96. The number of carbonyl (C=O) groups is 1. The lowest BCUT2D eigenvalue weighted by Crippen LogP contribution is -2.43. The minimum absolute atomic E-state index is 0.166. The van der Waals surface area contributed by atoms with E-state index in [0.717, 1.165) is 29.7 Å². The summed E-state index contributed by atoms with van der Waals surface area (Å²) in [6, 6.07) is 9.86. The molecule has 1 aromatic heterocycles. The Kier molecular flexibility index (Phi) is 6.45. The minimum atomic E-state index is -0.533. The van der Waals surface area contributed by atoms with E-state index in [1.165, 1.54) is 0 Å². The molecule has 1 fully saturated rings. The summed E-state index contributed by atoms with van der Waals surface area (Å²) in [6.07, 6.45) is 2.83. The van der Waals surface area contributed by atoms with Gasteiger partial charge in [0.15, 0.2) is 0 Å². The Balaban J connectivity index is 1.55. The lowest BCUT2D eigenvalue weighted by Gasteiger charge is -2.38. The summed E-state index contributed by atoms with van der Waals surface area (Å²) in [5, 5.41) is 0.0512. The topological polar surface area (TPSA) is 51.5 Å². The largest absolute Gasteiger partial charge is 0.456 e. The van der Waals surface area contributed by atoms with E-state index in [1.807, 2.05) is 32.9 Å². The van der Waals surface area contributed by atoms with E-state index in [-0.39, 0.29) is 21.9 Å². The van der Waals surface area contributed by atoms with Crippen LogP contribution < -0.4 is 5.56 Å². The number of ether oxygens (including phenoxy) is 1. The highest BCUT2D eigenvalue weighted by atomic mass is 35.5. The van der Waals surface area contributed by atoms with E-state index in [4.69, 9.17) is 27.9 Å². The molecule has 2 aromatic rings. The van der Waals surface area contributed by atoms with Crippen LogP contribution in [-0.2, 0) is 24.2 Å². The van der Waals surface area contributed by atoms with Gasteiger partial charge in [0.05, 0.1) is 10.9 Å². The number of hydrogen-bond donors (Lipinski definition) is 0. The van der Waals surface area contributed by atoms with E-state index < -0.39 is 5.60 Å². The van der Waals surface area contributed by atoms with Crippen LogP contribution >= 0.6 is 23.2 Å². The maximum atomic E-state index is 12.9. The van der Waals surface area contributed by atoms with Gasteiger partial charge in [-0.3, -0.25) is 9.69 Å². The van der Waals surface area contributed by atoms with E-state index in [1.54, 1.807) is 22.8 Å². The summed E-state index contributed by atoms with van der Waals surface area (Å²) in [5.74, 6) is -0.341. The van der Waals surface area contributed by atoms with Crippen molar-refractivity contribution in [1.29, 1.82) is 0 Å². The third-order valence-electron chi connectivity index (χ3n) is 6.44. The summed E-state index contributed by atoms with van der Waals surface area (Å²) < 4.78 is 7.21. The molecule has 4 rings (SSSR count). The Morgan fingerprint density at radius 1 is 1.19 bits per heavy atom. The predicted octanol–water partition coefficient (Wildman–Crippen LogP) is 5.35. The summed E-state index contributed by atoms with van der Waals surface area (Å²) in [5.41, 5.74) is 2.78. The molecule has 0 aliphatic carbocycles. The second kappa shape index (κ2) is 8.85. The second-order valence-corrected chi connectivity index (χ2v) is 10.7. The minimum Gasteiger partial charge on any atom is -0.456 e. The predicted molar refractivity (Wildman–Crippen MR) is 128 cm³/mol. The molecule has 3 atom stereocenters. The van der Waals surface area contributed by atoms with Crippen molar-refractivity contribution in [3.8, 4) is 0 Å². The number of carbonyl (C=O) groups excluding carboxylic acids is 1. The molecule has 3 heterocycles. The Labute approximate surface area is 199 Å². The van der Waals surface area contributed by atoms with Gasteiger partial charge in [0.2, 0.25) is 0 Å². The number of rotatable bonds is 4. The first-order chi connectivity index (χ1) is 15.0. The monoisotopic (exact) mass is 476 g/mol. The smallest absolute Gasteiger partial charge is 0.338 e. The lowest BCUT2D eigenvalue weighted by molar-refractivity contribution is 0.00695. The van der Waals surface area contributed by atoms with Crippen molar-refractivity contribution in [1.82, 2.24) is 9.47 Å². The number of hydrogen-bond acceptors (Lipinski definition) is 4. The van der Waals surface area contributed by atoms with Crippen LogP contribution in [0, 0.1) is 0 Å². The Morgan fingerprint density at radius 2 is 1.88 bits per heavy atom. The van der Waals surface area contributed by atoms with Crippen LogP contribution in [0.15, 0.2) is 35.1 Å². The molecule has 1 saturated heterocycles. The zero-order chi connectivity index (χ0) is 23.2. The molecular weight excluding hydrogens is 447 g/mol. The standard InChI is InChI=1S/C25H30Cl2N2O3/c1-15-5-10-20-22(27)18-13-19(26)23(30)28(21(18)14-29(15)20)12-11-16-6-8-17(9-7-16)24(31)32-25(2,3)4/h6-9,13,15,20,22H,5,10-12,14H2,1-4H3. The van der Waals surface area contributed by atoms with Crippen molar-refractivity contribution in [2.75, 3.05) is 0 Å². The van der Waals surface area contributed by atoms with Crippen molar-refractivity contribution in [3.05, 3.63) is 68.1 Å². The number of esters is 1. The maximum Gasteiger partial charge on any atom is 0.338 e. The van der Waals surface area contributed by atoms with Gasteiger partial charge >= 0.3 is 5.97 Å². The van der Waals surface area contributed by atoms with Crippen molar-refractivity contribution >= 4 is 29.2 Å². The summed E-state index contributed by atoms with van der Waals surface area (Å²) in [7, 11) is 0. The quantitative estimate of drug-likeness (QED) is 0.440. The number of halogens is 2. The van der Waals surface area contributed by atoms with Gasteiger partial charge in [-0.2, -0.15) is 0 Å². The Morgan fingerprint density at radius 3 is 2.53 bits per heavy atom. The van der Waals surface area contributed by atoms with Gasteiger partial charge in [-0.25, -0.2) is 4.79 Å².